The monoisotopic (exact) mass is 279 g/mol. The first-order valence-corrected chi connectivity index (χ1v) is 5.85. The van der Waals surface area contributed by atoms with Gasteiger partial charge in [-0.15, -0.1) is 0 Å². The third-order valence-corrected chi connectivity index (χ3v) is 3.29. The summed E-state index contributed by atoms with van der Waals surface area (Å²) in [5, 5.41) is 4.45. The van der Waals surface area contributed by atoms with E-state index in [0.717, 1.165) is 27.1 Å². The zero-order valence-electron chi connectivity index (χ0n) is 9.58. The first kappa shape index (κ1) is 11.2. The molecular formula is C12H14BrN3. The lowest BCUT2D eigenvalue weighted by Crippen LogP contribution is -1.97. The van der Waals surface area contributed by atoms with Crippen LogP contribution in [0.2, 0.25) is 0 Å². The van der Waals surface area contributed by atoms with Crippen LogP contribution in [0.4, 0.5) is 5.82 Å². The van der Waals surface area contributed by atoms with Crippen LogP contribution in [-0.4, -0.2) is 9.78 Å². The predicted molar refractivity (Wildman–Crippen MR) is 70.2 cm³/mol. The van der Waals surface area contributed by atoms with Gasteiger partial charge in [-0.25, -0.2) is 0 Å². The largest absolute Gasteiger partial charge is 0.384 e. The highest BCUT2D eigenvalue weighted by Gasteiger charge is 2.13. The zero-order chi connectivity index (χ0) is 11.9. The molecule has 0 bridgehead atoms. The molecule has 0 aliphatic heterocycles. The highest BCUT2D eigenvalue weighted by Crippen LogP contribution is 2.30. The van der Waals surface area contributed by atoms with E-state index >= 15 is 0 Å². The van der Waals surface area contributed by atoms with E-state index in [1.54, 1.807) is 4.68 Å². The van der Waals surface area contributed by atoms with E-state index in [-0.39, 0.29) is 0 Å². The minimum absolute atomic E-state index is 0.717. The Morgan fingerprint density at radius 2 is 2.00 bits per heavy atom. The Balaban J connectivity index is 2.67. The first-order chi connectivity index (χ1) is 7.50. The van der Waals surface area contributed by atoms with E-state index in [9.17, 15) is 0 Å². The molecule has 0 spiro atoms. The average Bonchev–Trinajstić information content (AvgIpc) is 2.50. The van der Waals surface area contributed by atoms with Gasteiger partial charge in [-0.2, -0.15) is 5.10 Å². The topological polar surface area (TPSA) is 43.8 Å². The fraction of sp³-hybridized carbons (Fsp3) is 0.250. The van der Waals surface area contributed by atoms with Gasteiger partial charge < -0.3 is 5.73 Å². The number of nitrogens with two attached hydrogens (primary N) is 1. The van der Waals surface area contributed by atoms with Gasteiger partial charge in [0.25, 0.3) is 0 Å². The lowest BCUT2D eigenvalue weighted by atomic mass is 10.0. The van der Waals surface area contributed by atoms with Crippen LogP contribution in [0.1, 0.15) is 11.1 Å². The van der Waals surface area contributed by atoms with Crippen LogP contribution in [0, 0.1) is 13.8 Å². The lowest BCUT2D eigenvalue weighted by molar-refractivity contribution is 0.782. The number of nitrogens with zero attached hydrogens (tertiary/aromatic N) is 2. The number of rotatable bonds is 1. The number of anilines is 1. The number of halogens is 1. The minimum atomic E-state index is 0.717. The van der Waals surface area contributed by atoms with Gasteiger partial charge in [0.15, 0.2) is 0 Å². The quantitative estimate of drug-likeness (QED) is 0.872. The smallest absolute Gasteiger partial charge is 0.124 e. The number of hydrogen-bond acceptors (Lipinski definition) is 2. The van der Waals surface area contributed by atoms with Crippen molar-refractivity contribution in [2.45, 2.75) is 13.8 Å². The van der Waals surface area contributed by atoms with Crippen LogP contribution in [0.15, 0.2) is 22.7 Å². The van der Waals surface area contributed by atoms with Crippen LogP contribution in [-0.2, 0) is 7.05 Å². The van der Waals surface area contributed by atoms with E-state index in [0.29, 0.717) is 0 Å². The molecule has 0 unspecified atom stereocenters. The summed E-state index contributed by atoms with van der Waals surface area (Å²) in [7, 11) is 1.86. The van der Waals surface area contributed by atoms with Crippen molar-refractivity contribution in [3.05, 3.63) is 33.8 Å². The molecule has 4 heteroatoms. The summed E-state index contributed by atoms with van der Waals surface area (Å²) in [5.74, 6) is 0.717. The Morgan fingerprint density at radius 1 is 1.31 bits per heavy atom. The van der Waals surface area contributed by atoms with E-state index < -0.39 is 0 Å². The van der Waals surface area contributed by atoms with Gasteiger partial charge in [-0.05, 0) is 31.5 Å². The number of hydrogen-bond donors (Lipinski definition) is 1. The molecule has 0 radical (unpaired) electrons. The summed E-state index contributed by atoms with van der Waals surface area (Å²) in [5.41, 5.74) is 10.2. The van der Waals surface area contributed by atoms with Gasteiger partial charge in [-0.3, -0.25) is 4.68 Å². The Labute approximate surface area is 103 Å². The molecule has 0 aliphatic carbocycles. The second kappa shape index (κ2) is 3.94. The van der Waals surface area contributed by atoms with E-state index in [2.05, 4.69) is 40.1 Å². The standard InChI is InChI=1S/C12H14BrN3/c1-7-4-5-9(13)6-10(7)11-8(2)12(14)16(3)15-11/h4-6H,14H2,1-3H3. The number of aromatic nitrogens is 2. The highest BCUT2D eigenvalue weighted by molar-refractivity contribution is 9.10. The van der Waals surface area contributed by atoms with Crippen molar-refractivity contribution in [3.8, 4) is 11.3 Å². The molecule has 2 aromatic rings. The van der Waals surface area contributed by atoms with Crippen LogP contribution in [0.5, 0.6) is 0 Å². The molecule has 0 saturated carbocycles. The van der Waals surface area contributed by atoms with Crippen LogP contribution >= 0.6 is 15.9 Å². The summed E-state index contributed by atoms with van der Waals surface area (Å²) in [6.45, 7) is 4.07. The second-order valence-corrected chi connectivity index (χ2v) is 4.86. The maximum atomic E-state index is 5.92. The fourth-order valence-corrected chi connectivity index (χ4v) is 2.11. The number of benzene rings is 1. The normalized spacial score (nSPS) is 10.8. The van der Waals surface area contributed by atoms with Crippen LogP contribution in [0.25, 0.3) is 11.3 Å². The van der Waals surface area contributed by atoms with Gasteiger partial charge in [0, 0.05) is 22.6 Å². The molecule has 84 valence electrons. The predicted octanol–water partition coefficient (Wildman–Crippen LogP) is 3.05. The SMILES string of the molecule is Cc1ccc(Br)cc1-c1nn(C)c(N)c1C. The lowest BCUT2D eigenvalue weighted by Gasteiger charge is -2.04. The zero-order valence-corrected chi connectivity index (χ0v) is 11.2. The summed E-state index contributed by atoms with van der Waals surface area (Å²) < 4.78 is 2.77. The molecule has 0 atom stereocenters. The maximum Gasteiger partial charge on any atom is 0.124 e. The van der Waals surface area contributed by atoms with Crippen LogP contribution < -0.4 is 5.73 Å². The molecule has 0 fully saturated rings. The molecule has 16 heavy (non-hydrogen) atoms. The molecule has 1 aromatic carbocycles. The fourth-order valence-electron chi connectivity index (χ4n) is 1.75. The molecule has 0 saturated heterocycles. The Kier molecular flexibility index (Phi) is 2.76. The molecule has 2 rings (SSSR count). The second-order valence-electron chi connectivity index (χ2n) is 3.94. The summed E-state index contributed by atoms with van der Waals surface area (Å²) in [6, 6.07) is 6.17. The third-order valence-electron chi connectivity index (χ3n) is 2.79. The Bertz CT molecular complexity index is 543. The van der Waals surface area contributed by atoms with Gasteiger partial charge in [0.05, 0.1) is 5.69 Å². The van der Waals surface area contributed by atoms with Gasteiger partial charge in [-0.1, -0.05) is 22.0 Å². The minimum Gasteiger partial charge on any atom is -0.384 e. The Hall–Kier alpha value is -1.29. The molecule has 0 amide bonds. The van der Waals surface area contributed by atoms with E-state index in [1.165, 1.54) is 5.56 Å². The molecule has 1 heterocycles. The third kappa shape index (κ3) is 1.73. The number of nitrogen functional groups attached to an aromatic ring is 1. The molecule has 0 aliphatic rings. The Morgan fingerprint density at radius 3 is 2.56 bits per heavy atom. The van der Waals surface area contributed by atoms with Crippen LogP contribution in [0.3, 0.4) is 0 Å². The van der Waals surface area contributed by atoms with E-state index in [1.807, 2.05) is 20.0 Å². The first-order valence-electron chi connectivity index (χ1n) is 5.06. The highest BCUT2D eigenvalue weighted by atomic mass is 79.9. The van der Waals surface area contributed by atoms with Gasteiger partial charge >= 0.3 is 0 Å². The maximum absolute atomic E-state index is 5.92. The van der Waals surface area contributed by atoms with Crippen molar-refractivity contribution >= 4 is 21.7 Å². The van der Waals surface area contributed by atoms with Gasteiger partial charge in [0.2, 0.25) is 0 Å². The average molecular weight is 280 g/mol. The van der Waals surface area contributed by atoms with Crippen molar-refractivity contribution in [2.24, 2.45) is 7.05 Å². The van der Waals surface area contributed by atoms with Gasteiger partial charge in [0.1, 0.15) is 5.82 Å². The van der Waals surface area contributed by atoms with Crippen molar-refractivity contribution in [3.63, 3.8) is 0 Å². The number of aryl methyl sites for hydroxylation is 2. The van der Waals surface area contributed by atoms with Crippen molar-refractivity contribution < 1.29 is 0 Å². The summed E-state index contributed by atoms with van der Waals surface area (Å²) in [4.78, 5) is 0. The van der Waals surface area contributed by atoms with Crippen molar-refractivity contribution in [2.75, 3.05) is 5.73 Å². The van der Waals surface area contributed by atoms with E-state index in [4.69, 9.17) is 5.73 Å². The molecule has 2 N–H and O–H groups in total. The molecule has 1 aromatic heterocycles. The van der Waals surface area contributed by atoms with Crippen molar-refractivity contribution in [1.82, 2.24) is 9.78 Å². The summed E-state index contributed by atoms with van der Waals surface area (Å²) >= 11 is 3.48. The summed E-state index contributed by atoms with van der Waals surface area (Å²) in [6.07, 6.45) is 0. The molecular weight excluding hydrogens is 266 g/mol. The van der Waals surface area contributed by atoms with Crippen molar-refractivity contribution in [1.29, 1.82) is 0 Å². The molecule has 3 nitrogen and oxygen atoms in total.